The fourth-order valence-electron chi connectivity index (χ4n) is 3.15. The van der Waals surface area contributed by atoms with E-state index in [2.05, 4.69) is 23.2 Å². The van der Waals surface area contributed by atoms with Crippen LogP contribution in [0.4, 0.5) is 0 Å². The van der Waals surface area contributed by atoms with Gasteiger partial charge in [0.25, 0.3) is 5.56 Å². The fourth-order valence-corrected chi connectivity index (χ4v) is 5.11. The maximum absolute atomic E-state index is 12.7. The van der Waals surface area contributed by atoms with Crippen molar-refractivity contribution in [3.05, 3.63) is 94.3 Å². The molecular weight excluding hydrogens is 412 g/mol. The SMILES string of the molecule is CCc1c(Sc2cccc3ccccc23)nc(SCC(=O)c2ccccc2)[nH]c1=O. The first kappa shape index (κ1) is 20.4. The Morgan fingerprint density at radius 2 is 1.70 bits per heavy atom. The van der Waals surface area contributed by atoms with Gasteiger partial charge in [-0.2, -0.15) is 0 Å². The van der Waals surface area contributed by atoms with Crippen molar-refractivity contribution >= 4 is 40.1 Å². The largest absolute Gasteiger partial charge is 0.301 e. The molecule has 30 heavy (non-hydrogen) atoms. The summed E-state index contributed by atoms with van der Waals surface area (Å²) >= 11 is 2.75. The van der Waals surface area contributed by atoms with Crippen molar-refractivity contribution in [1.29, 1.82) is 0 Å². The third-order valence-electron chi connectivity index (χ3n) is 4.70. The van der Waals surface area contributed by atoms with Crippen LogP contribution in [-0.2, 0) is 6.42 Å². The average molecular weight is 433 g/mol. The number of carbonyl (C=O) groups excluding carboxylic acids is 1. The molecule has 4 rings (SSSR count). The molecule has 0 saturated carbocycles. The van der Waals surface area contributed by atoms with Crippen LogP contribution < -0.4 is 5.56 Å². The number of hydrogen-bond donors (Lipinski definition) is 1. The third-order valence-corrected chi connectivity index (χ3v) is 6.68. The standard InChI is InChI=1S/C24H20N2O2S2/c1-2-18-22(28)25-24(29-15-20(27)17-10-4-3-5-11-17)26-23(18)30-21-14-8-12-16-9-6-7-13-19(16)21/h3-14H,2,15H2,1H3,(H,25,26,28). The lowest BCUT2D eigenvalue weighted by Gasteiger charge is -2.10. The van der Waals surface area contributed by atoms with E-state index >= 15 is 0 Å². The fraction of sp³-hybridized carbons (Fsp3) is 0.125. The molecule has 0 radical (unpaired) electrons. The highest BCUT2D eigenvalue weighted by atomic mass is 32.2. The van der Waals surface area contributed by atoms with Crippen molar-refractivity contribution in [2.24, 2.45) is 0 Å². The Bertz CT molecular complexity index is 1250. The van der Waals surface area contributed by atoms with Crippen LogP contribution in [-0.4, -0.2) is 21.5 Å². The molecule has 0 aliphatic carbocycles. The molecule has 6 heteroatoms. The summed E-state index contributed by atoms with van der Waals surface area (Å²) in [6.07, 6.45) is 0.587. The van der Waals surface area contributed by atoms with Crippen LogP contribution >= 0.6 is 23.5 Å². The Morgan fingerprint density at radius 1 is 0.967 bits per heavy atom. The first-order chi connectivity index (χ1) is 14.7. The second-order valence-electron chi connectivity index (χ2n) is 6.67. The predicted molar refractivity (Wildman–Crippen MR) is 124 cm³/mol. The molecule has 0 spiro atoms. The van der Waals surface area contributed by atoms with Gasteiger partial charge in [0.05, 0.1) is 5.75 Å². The van der Waals surface area contributed by atoms with Gasteiger partial charge in [-0.25, -0.2) is 4.98 Å². The summed E-state index contributed by atoms with van der Waals surface area (Å²) in [6.45, 7) is 1.95. The number of benzene rings is 3. The lowest BCUT2D eigenvalue weighted by Crippen LogP contribution is -2.16. The van der Waals surface area contributed by atoms with Crippen LogP contribution in [0.5, 0.6) is 0 Å². The Hall–Kier alpha value is -2.83. The zero-order valence-corrected chi connectivity index (χ0v) is 18.1. The molecule has 1 heterocycles. The normalized spacial score (nSPS) is 11.0. The van der Waals surface area contributed by atoms with Crippen LogP contribution in [0.1, 0.15) is 22.8 Å². The molecule has 0 aliphatic heterocycles. The minimum absolute atomic E-state index is 0.00562. The molecule has 1 aromatic heterocycles. The highest BCUT2D eigenvalue weighted by Gasteiger charge is 2.15. The highest BCUT2D eigenvalue weighted by Crippen LogP contribution is 2.34. The molecule has 0 amide bonds. The molecule has 0 bridgehead atoms. The number of thioether (sulfide) groups is 1. The van der Waals surface area contributed by atoms with Gasteiger partial charge in [0.2, 0.25) is 0 Å². The molecule has 1 N–H and O–H groups in total. The van der Waals surface area contributed by atoms with Gasteiger partial charge in [0.1, 0.15) is 5.03 Å². The van der Waals surface area contributed by atoms with Crippen molar-refractivity contribution in [2.45, 2.75) is 28.4 Å². The number of Topliss-reactive ketones (excluding diaryl/α,β-unsaturated/α-hetero) is 1. The minimum atomic E-state index is -0.148. The van der Waals surface area contributed by atoms with Gasteiger partial charge < -0.3 is 4.98 Å². The maximum Gasteiger partial charge on any atom is 0.255 e. The van der Waals surface area contributed by atoms with E-state index in [1.807, 2.05) is 49.4 Å². The Morgan fingerprint density at radius 3 is 2.50 bits per heavy atom. The average Bonchev–Trinajstić information content (AvgIpc) is 2.78. The number of rotatable bonds is 7. The molecular formula is C24H20N2O2S2. The van der Waals surface area contributed by atoms with Gasteiger partial charge in [-0.1, -0.05) is 97.2 Å². The first-order valence-electron chi connectivity index (χ1n) is 9.65. The van der Waals surface area contributed by atoms with Crippen LogP contribution in [0.25, 0.3) is 10.8 Å². The second kappa shape index (κ2) is 9.32. The van der Waals surface area contributed by atoms with E-state index < -0.39 is 0 Å². The van der Waals surface area contributed by atoms with Crippen LogP contribution in [0, 0.1) is 0 Å². The number of aromatic nitrogens is 2. The van der Waals surface area contributed by atoms with E-state index in [0.29, 0.717) is 27.7 Å². The van der Waals surface area contributed by atoms with Crippen molar-refractivity contribution < 1.29 is 4.79 Å². The van der Waals surface area contributed by atoms with Gasteiger partial charge in [0.15, 0.2) is 10.9 Å². The van der Waals surface area contributed by atoms with Gasteiger partial charge in [-0.3, -0.25) is 9.59 Å². The zero-order valence-electron chi connectivity index (χ0n) is 16.4. The number of H-pyrrole nitrogens is 1. The minimum Gasteiger partial charge on any atom is -0.301 e. The summed E-state index contributed by atoms with van der Waals surface area (Å²) in [6, 6.07) is 23.4. The van der Waals surface area contributed by atoms with Gasteiger partial charge in [-0.15, -0.1) is 0 Å². The molecule has 0 aliphatic rings. The van der Waals surface area contributed by atoms with E-state index in [1.165, 1.54) is 23.5 Å². The number of nitrogens with zero attached hydrogens (tertiary/aromatic N) is 1. The second-order valence-corrected chi connectivity index (χ2v) is 8.66. The summed E-state index contributed by atoms with van der Waals surface area (Å²) in [5, 5.41) is 3.42. The number of ketones is 1. The summed E-state index contributed by atoms with van der Waals surface area (Å²) in [7, 11) is 0. The Balaban J connectivity index is 1.62. The highest BCUT2D eigenvalue weighted by molar-refractivity contribution is 8.00. The summed E-state index contributed by atoms with van der Waals surface area (Å²) in [4.78, 5) is 33.6. The number of fused-ring (bicyclic) bond motifs is 1. The van der Waals surface area contributed by atoms with E-state index in [-0.39, 0.29) is 17.1 Å². The molecule has 0 saturated heterocycles. The topological polar surface area (TPSA) is 62.8 Å². The number of hydrogen-bond acceptors (Lipinski definition) is 5. The van der Waals surface area contributed by atoms with Gasteiger partial charge in [-0.05, 0) is 23.3 Å². The number of carbonyl (C=O) groups is 1. The first-order valence-corrected chi connectivity index (χ1v) is 11.5. The molecule has 4 nitrogen and oxygen atoms in total. The monoisotopic (exact) mass is 432 g/mol. The van der Waals surface area contributed by atoms with E-state index in [9.17, 15) is 9.59 Å². The van der Waals surface area contributed by atoms with Crippen LogP contribution in [0.15, 0.2) is 92.7 Å². The van der Waals surface area contributed by atoms with E-state index in [0.717, 1.165) is 15.7 Å². The number of nitrogens with one attached hydrogen (secondary N) is 1. The lowest BCUT2D eigenvalue weighted by molar-refractivity contribution is 0.102. The summed E-state index contributed by atoms with van der Waals surface area (Å²) < 4.78 is 0. The van der Waals surface area contributed by atoms with E-state index in [4.69, 9.17) is 4.98 Å². The van der Waals surface area contributed by atoms with Crippen molar-refractivity contribution in [2.75, 3.05) is 5.75 Å². The number of aromatic amines is 1. The Labute approximate surface area is 183 Å². The van der Waals surface area contributed by atoms with Crippen LogP contribution in [0.2, 0.25) is 0 Å². The quantitative estimate of drug-likeness (QED) is 0.178. The molecule has 0 fully saturated rings. The smallest absolute Gasteiger partial charge is 0.255 e. The van der Waals surface area contributed by atoms with Gasteiger partial charge in [0, 0.05) is 16.0 Å². The molecule has 150 valence electrons. The van der Waals surface area contributed by atoms with Crippen LogP contribution in [0.3, 0.4) is 0 Å². The lowest BCUT2D eigenvalue weighted by atomic mass is 10.1. The Kier molecular flexibility index (Phi) is 6.35. The van der Waals surface area contributed by atoms with E-state index in [1.54, 1.807) is 12.1 Å². The van der Waals surface area contributed by atoms with Crippen molar-refractivity contribution in [1.82, 2.24) is 9.97 Å². The zero-order chi connectivity index (χ0) is 20.9. The predicted octanol–water partition coefficient (Wildman–Crippen LogP) is 5.61. The van der Waals surface area contributed by atoms with Crippen molar-refractivity contribution in [3.8, 4) is 0 Å². The summed E-state index contributed by atoms with van der Waals surface area (Å²) in [5.74, 6) is 0.225. The van der Waals surface area contributed by atoms with Crippen molar-refractivity contribution in [3.63, 3.8) is 0 Å². The molecule has 0 atom stereocenters. The molecule has 0 unspecified atom stereocenters. The molecule has 3 aromatic carbocycles. The molecule has 4 aromatic rings. The van der Waals surface area contributed by atoms with Gasteiger partial charge >= 0.3 is 0 Å². The summed E-state index contributed by atoms with van der Waals surface area (Å²) in [5.41, 5.74) is 1.17. The third kappa shape index (κ3) is 4.50. The maximum atomic E-state index is 12.7.